The van der Waals surface area contributed by atoms with E-state index in [9.17, 15) is 0 Å². The van der Waals surface area contributed by atoms with Crippen LogP contribution in [0.25, 0.3) is 22.6 Å². The zero-order valence-electron chi connectivity index (χ0n) is 22.9. The summed E-state index contributed by atoms with van der Waals surface area (Å²) >= 11 is 7.72. The lowest BCUT2D eigenvalue weighted by atomic mass is 10.1. The third-order valence-corrected chi connectivity index (χ3v) is 12.4. The van der Waals surface area contributed by atoms with E-state index in [1.165, 1.54) is 49.2 Å². The van der Waals surface area contributed by atoms with Crippen molar-refractivity contribution in [1.82, 2.24) is 19.5 Å². The summed E-state index contributed by atoms with van der Waals surface area (Å²) in [7, 11) is 0.0413. The lowest BCUT2D eigenvalue weighted by molar-refractivity contribution is 0.129. The zero-order valence-corrected chi connectivity index (χ0v) is 25.5. The number of benzene rings is 1. The number of nitrogens with zero attached hydrogens (tertiary/aromatic N) is 4. The molecule has 0 atom stereocenters. The summed E-state index contributed by atoms with van der Waals surface area (Å²) in [6, 6.07) is 13.5. The van der Waals surface area contributed by atoms with Crippen LogP contribution < -0.4 is 0 Å². The van der Waals surface area contributed by atoms with Crippen molar-refractivity contribution >= 4 is 31.7 Å². The maximum Gasteiger partial charge on any atom is 0.192 e. The average Bonchev–Trinajstić information content (AvgIpc) is 3.26. The number of halogens is 1. The first-order valence-corrected chi connectivity index (χ1v) is 17.5. The number of hydrogen-bond acceptors (Lipinski definition) is 6. The van der Waals surface area contributed by atoms with Crippen LogP contribution in [0.2, 0.25) is 23.2 Å². The molecule has 0 saturated heterocycles. The summed E-state index contributed by atoms with van der Waals surface area (Å²) in [5.74, 6) is 0.975. The second-order valence-corrected chi connectivity index (χ2v) is 14.8. The van der Waals surface area contributed by atoms with Crippen LogP contribution in [-0.4, -0.2) is 47.8 Å². The van der Waals surface area contributed by atoms with Crippen molar-refractivity contribution < 1.29 is 9.16 Å². The number of methoxy groups -OCH3 is 1. The summed E-state index contributed by atoms with van der Waals surface area (Å²) < 4.78 is 14.5. The Labute approximate surface area is 232 Å². The zero-order chi connectivity index (χ0) is 26.7. The largest absolute Gasteiger partial charge is 0.417 e. The van der Waals surface area contributed by atoms with Crippen molar-refractivity contribution in [1.29, 1.82) is 0 Å². The Balaban J connectivity index is 1.93. The fourth-order valence-electron chi connectivity index (χ4n) is 5.08. The number of rotatable bonds is 16. The molecule has 0 bridgehead atoms. The van der Waals surface area contributed by atoms with E-state index in [2.05, 4.69) is 30.3 Å². The minimum absolute atomic E-state index is 0.394. The topological polar surface area (TPSA) is 62.1 Å². The van der Waals surface area contributed by atoms with Gasteiger partial charge in [-0.3, -0.25) is 0 Å². The molecule has 2 heterocycles. The number of aryl methyl sites for hydroxylation is 1. The smallest absolute Gasteiger partial charge is 0.192 e. The number of aromatic nitrogens is 4. The molecule has 3 aromatic rings. The normalized spacial score (nSPS) is 11.8. The molecule has 202 valence electrons. The molecule has 0 saturated carbocycles. The highest BCUT2D eigenvalue weighted by Gasteiger charge is 2.32. The van der Waals surface area contributed by atoms with E-state index in [0.29, 0.717) is 11.8 Å². The highest BCUT2D eigenvalue weighted by Crippen LogP contribution is 2.34. The van der Waals surface area contributed by atoms with Crippen molar-refractivity contribution in [2.24, 2.45) is 0 Å². The molecule has 0 aliphatic heterocycles. The number of ether oxygens (including phenoxy) is 1. The quantitative estimate of drug-likeness (QED) is 0.0762. The first kappa shape index (κ1) is 29.8. The second kappa shape index (κ2) is 15.0. The van der Waals surface area contributed by atoms with Gasteiger partial charge in [0.25, 0.3) is 0 Å². The van der Waals surface area contributed by atoms with Gasteiger partial charge in [-0.25, -0.2) is 15.0 Å². The lowest BCUT2D eigenvalue weighted by Crippen LogP contribution is -2.38. The third kappa shape index (κ3) is 7.89. The van der Waals surface area contributed by atoms with Crippen molar-refractivity contribution in [3.05, 3.63) is 47.4 Å². The van der Waals surface area contributed by atoms with Gasteiger partial charge in [0.15, 0.2) is 13.5 Å². The van der Waals surface area contributed by atoms with Crippen LogP contribution in [0.3, 0.4) is 0 Å². The monoisotopic (exact) mass is 560 g/mol. The average molecular weight is 561 g/mol. The van der Waals surface area contributed by atoms with Crippen molar-refractivity contribution in [3.63, 3.8) is 0 Å². The van der Waals surface area contributed by atoms with E-state index in [-0.39, 0.29) is 0 Å². The van der Waals surface area contributed by atoms with E-state index in [0.717, 1.165) is 53.1 Å². The third-order valence-electron chi connectivity index (χ3n) is 6.55. The van der Waals surface area contributed by atoms with Crippen molar-refractivity contribution in [3.8, 4) is 22.6 Å². The van der Waals surface area contributed by atoms with E-state index in [1.807, 2.05) is 36.6 Å². The molecule has 0 fully saturated rings. The molecule has 6 nitrogen and oxygen atoms in total. The molecule has 9 heteroatoms. The lowest BCUT2D eigenvalue weighted by Gasteiger charge is -2.31. The fourth-order valence-corrected chi connectivity index (χ4v) is 10.1. The van der Waals surface area contributed by atoms with Crippen LogP contribution in [0.15, 0.2) is 41.7 Å². The Hall–Kier alpha value is -1.71. The van der Waals surface area contributed by atoms with Gasteiger partial charge in [-0.05, 0) is 49.0 Å². The Morgan fingerprint density at radius 3 is 2.24 bits per heavy atom. The number of imidazole rings is 1. The minimum Gasteiger partial charge on any atom is -0.417 e. The van der Waals surface area contributed by atoms with Gasteiger partial charge < -0.3 is 13.7 Å². The van der Waals surface area contributed by atoms with Gasteiger partial charge >= 0.3 is 0 Å². The molecule has 0 amide bonds. The Bertz CT molecular complexity index is 1090. The summed E-state index contributed by atoms with van der Waals surface area (Å²) in [5, 5.41) is 1.42. The number of hydrogen-bond donors (Lipinski definition) is 0. The molecule has 2 aromatic heterocycles. The molecule has 0 N–H and O–H groups in total. The molecule has 0 unspecified atom stereocenters. The van der Waals surface area contributed by atoms with Gasteiger partial charge in [-0.1, -0.05) is 75.5 Å². The predicted octanol–water partition coefficient (Wildman–Crippen LogP) is 8.11. The van der Waals surface area contributed by atoms with Crippen LogP contribution in [-0.2, 0) is 22.3 Å². The van der Waals surface area contributed by atoms with E-state index >= 15 is 0 Å². The fraction of sp³-hybridized carbons (Fsp3) is 0.536. The molecule has 37 heavy (non-hydrogen) atoms. The van der Waals surface area contributed by atoms with E-state index < -0.39 is 8.32 Å². The minimum atomic E-state index is -1.67. The SMILES string of the molecule is CCC[Si](CCC)(CCC)OCCCc1nc(-c2ccc(Cl)cc2)c(-c2ccnc(SC)n2)n1COC. The van der Waals surface area contributed by atoms with E-state index in [4.69, 9.17) is 30.7 Å². The first-order valence-electron chi connectivity index (χ1n) is 13.4. The van der Waals surface area contributed by atoms with Gasteiger partial charge in [0.1, 0.15) is 12.6 Å². The maximum atomic E-state index is 6.75. The summed E-state index contributed by atoms with van der Waals surface area (Å²) in [5.41, 5.74) is 3.64. The van der Waals surface area contributed by atoms with Crippen LogP contribution in [0.5, 0.6) is 0 Å². The van der Waals surface area contributed by atoms with Gasteiger partial charge in [0.05, 0.1) is 17.1 Å². The molecule has 0 radical (unpaired) electrons. The van der Waals surface area contributed by atoms with Gasteiger partial charge in [0.2, 0.25) is 0 Å². The Morgan fingerprint density at radius 1 is 0.973 bits per heavy atom. The summed E-state index contributed by atoms with van der Waals surface area (Å²) in [4.78, 5) is 14.3. The predicted molar refractivity (Wildman–Crippen MR) is 158 cm³/mol. The van der Waals surface area contributed by atoms with Crippen molar-refractivity contribution in [2.75, 3.05) is 20.0 Å². The molecule has 0 aliphatic rings. The van der Waals surface area contributed by atoms with Crippen molar-refractivity contribution in [2.45, 2.75) is 82.9 Å². The standard InChI is InChI=1S/C28H41ClN4O2SSi/c1-6-18-37(19-7-2,20-8-3)35-17-9-10-25-32-26(22-11-13-23(29)14-12-22)27(33(25)21-34-4)24-15-16-30-28(31-24)36-5/h11-16H,6-10,17-21H2,1-5H3. The highest BCUT2D eigenvalue weighted by atomic mass is 35.5. The van der Waals surface area contributed by atoms with Crippen LogP contribution in [0, 0.1) is 0 Å². The summed E-state index contributed by atoms with van der Waals surface area (Å²) in [6.45, 7) is 8.03. The molecule has 0 aliphatic carbocycles. The maximum absolute atomic E-state index is 6.75. The second-order valence-electron chi connectivity index (χ2n) is 9.39. The van der Waals surface area contributed by atoms with Crippen LogP contribution in [0.4, 0.5) is 0 Å². The van der Waals surface area contributed by atoms with Crippen LogP contribution >= 0.6 is 23.4 Å². The van der Waals surface area contributed by atoms with Gasteiger partial charge in [-0.15, -0.1) is 0 Å². The Kier molecular flexibility index (Phi) is 12.1. The molecular formula is C28H41ClN4O2SSi. The molecule has 1 aromatic carbocycles. The first-order chi connectivity index (χ1) is 18.0. The Morgan fingerprint density at radius 2 is 1.65 bits per heavy atom. The molecular weight excluding hydrogens is 520 g/mol. The van der Waals surface area contributed by atoms with E-state index in [1.54, 1.807) is 13.3 Å². The van der Waals surface area contributed by atoms with Gasteiger partial charge in [0, 0.05) is 36.9 Å². The van der Waals surface area contributed by atoms with Gasteiger partial charge in [-0.2, -0.15) is 0 Å². The molecule has 3 rings (SSSR count). The van der Waals surface area contributed by atoms with Crippen LogP contribution in [0.1, 0.15) is 52.3 Å². The highest BCUT2D eigenvalue weighted by molar-refractivity contribution is 7.98. The summed E-state index contributed by atoms with van der Waals surface area (Å²) in [6.07, 6.45) is 9.12. The number of thioether (sulfide) groups is 1. The molecule has 0 spiro atoms.